The van der Waals surface area contributed by atoms with Crippen LogP contribution in [0.1, 0.15) is 15.9 Å². The molecule has 0 aromatic heterocycles. The number of hydrogen-bond acceptors (Lipinski definition) is 7. The van der Waals surface area contributed by atoms with Gasteiger partial charge in [-0.1, -0.05) is 18.2 Å². The average molecular weight is 419 g/mol. The fraction of sp³-hybridized carbons (Fsp3) is 0.300. The van der Waals surface area contributed by atoms with Gasteiger partial charge in [0, 0.05) is 38.9 Å². The molecule has 0 fully saturated rings. The molecule has 2 aromatic rings. The zero-order valence-electron chi connectivity index (χ0n) is 16.6. The molecule has 9 nitrogen and oxygen atoms in total. The Bertz CT molecular complexity index is 921. The van der Waals surface area contributed by atoms with Crippen molar-refractivity contribution in [3.63, 3.8) is 0 Å². The Kier molecular flexibility index (Phi) is 8.24. The average Bonchev–Trinajstić information content (AvgIpc) is 2.73. The molecule has 0 radical (unpaired) electrons. The van der Waals surface area contributed by atoms with E-state index in [9.17, 15) is 24.1 Å². The molecule has 0 aliphatic heterocycles. The van der Waals surface area contributed by atoms with Crippen molar-refractivity contribution < 1.29 is 28.4 Å². The van der Waals surface area contributed by atoms with Gasteiger partial charge in [0.25, 0.3) is 11.6 Å². The summed E-state index contributed by atoms with van der Waals surface area (Å²) in [6.45, 7) is 0.134. The van der Waals surface area contributed by atoms with E-state index >= 15 is 0 Å². The number of benzene rings is 2. The highest BCUT2D eigenvalue weighted by atomic mass is 19.1. The van der Waals surface area contributed by atoms with Crippen LogP contribution in [0.2, 0.25) is 0 Å². The van der Waals surface area contributed by atoms with Gasteiger partial charge in [0.15, 0.2) is 6.61 Å². The van der Waals surface area contributed by atoms with E-state index in [1.165, 1.54) is 37.3 Å². The Labute approximate surface area is 172 Å². The lowest BCUT2D eigenvalue weighted by Crippen LogP contribution is -2.31. The Hall–Kier alpha value is -3.53. The van der Waals surface area contributed by atoms with Crippen LogP contribution >= 0.6 is 0 Å². The van der Waals surface area contributed by atoms with Crippen LogP contribution in [0.5, 0.6) is 0 Å². The first kappa shape index (κ1) is 22.8. The van der Waals surface area contributed by atoms with E-state index in [1.54, 1.807) is 18.2 Å². The lowest BCUT2D eigenvalue weighted by atomic mass is 10.1. The smallest absolute Gasteiger partial charge is 0.338 e. The summed E-state index contributed by atoms with van der Waals surface area (Å²) < 4.78 is 23.5. The maximum absolute atomic E-state index is 13.7. The minimum absolute atomic E-state index is 0.0103. The fourth-order valence-electron chi connectivity index (χ4n) is 2.54. The summed E-state index contributed by atoms with van der Waals surface area (Å²) in [4.78, 5) is 36.3. The second-order valence-corrected chi connectivity index (χ2v) is 6.33. The van der Waals surface area contributed by atoms with Gasteiger partial charge in [0.2, 0.25) is 0 Å². The molecule has 0 saturated carbocycles. The van der Waals surface area contributed by atoms with Crippen LogP contribution in [0, 0.1) is 15.9 Å². The lowest BCUT2D eigenvalue weighted by molar-refractivity contribution is -0.384. The van der Waals surface area contributed by atoms with Gasteiger partial charge in [0.1, 0.15) is 11.5 Å². The number of methoxy groups -OCH3 is 1. The first-order valence-electron chi connectivity index (χ1n) is 8.99. The number of nitro groups is 1. The van der Waals surface area contributed by atoms with Crippen molar-refractivity contribution in [1.82, 2.24) is 4.90 Å². The predicted molar refractivity (Wildman–Crippen MR) is 107 cm³/mol. The molecule has 1 N–H and O–H groups in total. The van der Waals surface area contributed by atoms with Gasteiger partial charge in [0.05, 0.1) is 17.1 Å². The van der Waals surface area contributed by atoms with Crippen molar-refractivity contribution in [2.24, 2.45) is 0 Å². The number of ether oxygens (including phenoxy) is 2. The third-order valence-electron chi connectivity index (χ3n) is 4.17. The number of nitrogens with zero attached hydrogens (tertiary/aromatic N) is 2. The third kappa shape index (κ3) is 6.24. The molecule has 10 heteroatoms. The number of amides is 1. The third-order valence-corrected chi connectivity index (χ3v) is 4.17. The summed E-state index contributed by atoms with van der Waals surface area (Å²) in [5, 5.41) is 14.1. The molecule has 0 unspecified atom stereocenters. The van der Waals surface area contributed by atoms with Gasteiger partial charge in [-0.3, -0.25) is 14.9 Å². The van der Waals surface area contributed by atoms with Crippen LogP contribution in [0.4, 0.5) is 15.8 Å². The number of nitro benzene ring substituents is 1. The number of halogens is 1. The van der Waals surface area contributed by atoms with Gasteiger partial charge < -0.3 is 19.7 Å². The monoisotopic (exact) mass is 419 g/mol. The number of anilines is 1. The molecular formula is C20H22FN3O6. The van der Waals surface area contributed by atoms with Crippen molar-refractivity contribution in [3.05, 3.63) is 69.5 Å². The van der Waals surface area contributed by atoms with Crippen molar-refractivity contribution in [1.29, 1.82) is 0 Å². The van der Waals surface area contributed by atoms with E-state index in [1.807, 2.05) is 0 Å². The normalized spacial score (nSPS) is 10.4. The summed E-state index contributed by atoms with van der Waals surface area (Å²) in [5.41, 5.74) is 0.188. The Morgan fingerprint density at radius 1 is 1.23 bits per heavy atom. The second-order valence-electron chi connectivity index (χ2n) is 6.33. The summed E-state index contributed by atoms with van der Waals surface area (Å²) in [5.74, 6) is -1.87. The van der Waals surface area contributed by atoms with E-state index in [2.05, 4.69) is 5.32 Å². The number of hydrogen-bond donors (Lipinski definition) is 1. The van der Waals surface area contributed by atoms with Gasteiger partial charge in [-0.15, -0.1) is 0 Å². The number of nitrogens with one attached hydrogen (secondary N) is 1. The highest BCUT2D eigenvalue weighted by Crippen LogP contribution is 2.25. The Morgan fingerprint density at radius 3 is 2.63 bits per heavy atom. The number of carbonyl (C=O) groups is 2. The second kappa shape index (κ2) is 10.9. The maximum Gasteiger partial charge on any atom is 0.338 e. The molecule has 0 aliphatic carbocycles. The predicted octanol–water partition coefficient (Wildman–Crippen LogP) is 2.61. The van der Waals surface area contributed by atoms with Gasteiger partial charge >= 0.3 is 5.97 Å². The van der Waals surface area contributed by atoms with E-state index in [0.29, 0.717) is 18.7 Å². The number of esters is 1. The highest BCUT2D eigenvalue weighted by Gasteiger charge is 2.20. The van der Waals surface area contributed by atoms with Gasteiger partial charge in [-0.2, -0.15) is 0 Å². The topological polar surface area (TPSA) is 111 Å². The van der Waals surface area contributed by atoms with Crippen molar-refractivity contribution in [3.8, 4) is 0 Å². The molecule has 0 bridgehead atoms. The molecular weight excluding hydrogens is 397 g/mol. The van der Waals surface area contributed by atoms with Gasteiger partial charge in [-0.05, 0) is 18.2 Å². The van der Waals surface area contributed by atoms with Crippen molar-refractivity contribution in [2.75, 3.05) is 39.2 Å². The minimum atomic E-state index is -0.880. The molecule has 0 saturated heterocycles. The summed E-state index contributed by atoms with van der Waals surface area (Å²) >= 11 is 0. The molecule has 0 atom stereocenters. The van der Waals surface area contributed by atoms with Crippen LogP contribution in [0.25, 0.3) is 0 Å². The quantitative estimate of drug-likeness (QED) is 0.273. The molecule has 1 amide bonds. The number of likely N-dealkylation sites (N-methyl/N-ethyl adjacent to an activating group) is 1. The minimum Gasteiger partial charge on any atom is -0.452 e. The van der Waals surface area contributed by atoms with Gasteiger partial charge in [-0.25, -0.2) is 9.18 Å². The molecule has 0 heterocycles. The maximum atomic E-state index is 13.7. The lowest BCUT2D eigenvalue weighted by Gasteiger charge is -2.17. The molecule has 160 valence electrons. The van der Waals surface area contributed by atoms with Crippen LogP contribution in [0.15, 0.2) is 42.5 Å². The standard InChI is InChI=1S/C20H22FN3O6/c1-23(12-15-5-3-4-6-16(15)21)19(25)13-30-20(26)14-7-8-17(22-9-10-29-2)18(11-14)24(27)28/h3-8,11,22H,9-10,12-13H2,1-2H3. The number of rotatable bonds is 10. The molecule has 2 aromatic carbocycles. The summed E-state index contributed by atoms with van der Waals surface area (Å²) in [6, 6.07) is 9.85. The van der Waals surface area contributed by atoms with Crippen LogP contribution in [-0.4, -0.2) is 55.6 Å². The summed E-state index contributed by atoms with van der Waals surface area (Å²) in [7, 11) is 2.96. The van der Waals surface area contributed by atoms with E-state index < -0.39 is 29.2 Å². The molecule has 2 rings (SSSR count). The van der Waals surface area contributed by atoms with E-state index in [4.69, 9.17) is 9.47 Å². The van der Waals surface area contributed by atoms with Crippen LogP contribution < -0.4 is 5.32 Å². The zero-order chi connectivity index (χ0) is 22.1. The fourth-order valence-corrected chi connectivity index (χ4v) is 2.54. The van der Waals surface area contributed by atoms with Crippen molar-refractivity contribution in [2.45, 2.75) is 6.54 Å². The summed E-state index contributed by atoms with van der Waals surface area (Å²) in [6.07, 6.45) is 0. The number of carbonyl (C=O) groups excluding carboxylic acids is 2. The Balaban J connectivity index is 1.98. The Morgan fingerprint density at radius 2 is 1.97 bits per heavy atom. The first-order valence-corrected chi connectivity index (χ1v) is 8.99. The first-order chi connectivity index (χ1) is 14.3. The van der Waals surface area contributed by atoms with E-state index in [-0.39, 0.29) is 23.5 Å². The molecule has 0 aliphatic rings. The molecule has 0 spiro atoms. The zero-order valence-corrected chi connectivity index (χ0v) is 16.6. The van der Waals surface area contributed by atoms with Crippen LogP contribution in [0.3, 0.4) is 0 Å². The highest BCUT2D eigenvalue weighted by molar-refractivity contribution is 5.93. The SMILES string of the molecule is COCCNc1ccc(C(=O)OCC(=O)N(C)Cc2ccccc2F)cc1[N+](=O)[O-]. The largest absolute Gasteiger partial charge is 0.452 e. The van der Waals surface area contributed by atoms with Crippen molar-refractivity contribution >= 4 is 23.3 Å². The molecule has 30 heavy (non-hydrogen) atoms. The van der Waals surface area contributed by atoms with Crippen LogP contribution in [-0.2, 0) is 20.8 Å². The van der Waals surface area contributed by atoms with E-state index in [0.717, 1.165) is 6.07 Å².